The summed E-state index contributed by atoms with van der Waals surface area (Å²) in [5.41, 5.74) is -1.04. The summed E-state index contributed by atoms with van der Waals surface area (Å²) >= 11 is 0. The summed E-state index contributed by atoms with van der Waals surface area (Å²) in [4.78, 5) is 6.38. The number of methoxy groups -OCH3 is 1. The summed E-state index contributed by atoms with van der Waals surface area (Å²) in [6.07, 6.45) is -3.70. The molecule has 0 bridgehead atoms. The van der Waals surface area contributed by atoms with E-state index in [4.69, 9.17) is 9.47 Å². The molecule has 0 amide bonds. The molecule has 9 heteroatoms. The Balaban J connectivity index is 2.04. The van der Waals surface area contributed by atoms with Crippen molar-refractivity contribution in [3.8, 4) is 0 Å². The number of halogens is 4. The maximum Gasteiger partial charge on any atom is 0.416 e. The van der Waals surface area contributed by atoms with E-state index in [1.165, 1.54) is 0 Å². The van der Waals surface area contributed by atoms with E-state index < -0.39 is 17.6 Å². The van der Waals surface area contributed by atoms with Crippen molar-refractivity contribution in [3.05, 3.63) is 35.1 Å². The van der Waals surface area contributed by atoms with Crippen molar-refractivity contribution in [1.29, 1.82) is 0 Å². The minimum Gasteiger partial charge on any atom is -0.382 e. The fourth-order valence-corrected chi connectivity index (χ4v) is 3.09. The molecule has 0 saturated carbocycles. The fraction of sp³-hybridized carbons (Fsp3) is 0.632. The van der Waals surface area contributed by atoms with Crippen LogP contribution in [0.3, 0.4) is 0 Å². The van der Waals surface area contributed by atoms with Gasteiger partial charge in [0.15, 0.2) is 5.96 Å². The van der Waals surface area contributed by atoms with Crippen molar-refractivity contribution in [1.82, 2.24) is 10.2 Å². The first-order valence-corrected chi connectivity index (χ1v) is 9.30. The second kappa shape index (κ2) is 10.6. The third-order valence-electron chi connectivity index (χ3n) is 4.48. The van der Waals surface area contributed by atoms with Gasteiger partial charge in [-0.1, -0.05) is 6.07 Å². The number of ether oxygens (including phenoxy) is 2. The molecule has 1 aliphatic heterocycles. The van der Waals surface area contributed by atoms with E-state index in [2.05, 4.69) is 10.3 Å². The molecule has 1 aromatic carbocycles. The van der Waals surface area contributed by atoms with Crippen LogP contribution >= 0.6 is 0 Å². The number of benzene rings is 1. The average Bonchev–Trinajstić information content (AvgIpc) is 3.11. The van der Waals surface area contributed by atoms with E-state index in [0.29, 0.717) is 50.9 Å². The van der Waals surface area contributed by atoms with Gasteiger partial charge in [0.25, 0.3) is 0 Å². The highest BCUT2D eigenvalue weighted by molar-refractivity contribution is 5.80. The van der Waals surface area contributed by atoms with E-state index in [-0.39, 0.29) is 12.1 Å². The maximum absolute atomic E-state index is 13.3. The molecular formula is C19H27F4N3O2. The van der Waals surface area contributed by atoms with Gasteiger partial charge in [-0.05, 0) is 31.0 Å². The highest BCUT2D eigenvalue weighted by Gasteiger charge is 2.33. The third kappa shape index (κ3) is 6.63. The zero-order valence-corrected chi connectivity index (χ0v) is 16.2. The van der Waals surface area contributed by atoms with Gasteiger partial charge in [0, 0.05) is 32.7 Å². The highest BCUT2D eigenvalue weighted by Crippen LogP contribution is 2.33. The van der Waals surface area contributed by atoms with Gasteiger partial charge in [-0.3, -0.25) is 0 Å². The van der Waals surface area contributed by atoms with Crippen LogP contribution in [0.2, 0.25) is 0 Å². The molecular weight excluding hydrogens is 378 g/mol. The first-order chi connectivity index (χ1) is 13.3. The largest absolute Gasteiger partial charge is 0.416 e. The lowest BCUT2D eigenvalue weighted by Crippen LogP contribution is -2.40. The molecule has 1 unspecified atom stereocenters. The van der Waals surface area contributed by atoms with Crippen molar-refractivity contribution in [3.63, 3.8) is 0 Å². The van der Waals surface area contributed by atoms with Crippen LogP contribution in [0, 0.1) is 11.7 Å². The monoisotopic (exact) mass is 405 g/mol. The van der Waals surface area contributed by atoms with E-state index in [1.807, 2.05) is 11.8 Å². The van der Waals surface area contributed by atoms with Gasteiger partial charge in [0.2, 0.25) is 0 Å². The molecule has 5 nitrogen and oxygen atoms in total. The first-order valence-electron chi connectivity index (χ1n) is 9.30. The average molecular weight is 405 g/mol. The van der Waals surface area contributed by atoms with Gasteiger partial charge in [-0.2, -0.15) is 13.2 Å². The first kappa shape index (κ1) is 22.4. The second-order valence-electron chi connectivity index (χ2n) is 6.64. The van der Waals surface area contributed by atoms with Crippen LogP contribution in [0.5, 0.6) is 0 Å². The Labute approximate surface area is 162 Å². The molecule has 0 radical (unpaired) electrons. The molecule has 0 aromatic heterocycles. The molecule has 28 heavy (non-hydrogen) atoms. The number of alkyl halides is 3. The van der Waals surface area contributed by atoms with Gasteiger partial charge in [-0.25, -0.2) is 9.38 Å². The molecule has 0 spiro atoms. The van der Waals surface area contributed by atoms with Gasteiger partial charge in [0.1, 0.15) is 5.82 Å². The number of hydrogen-bond donors (Lipinski definition) is 1. The van der Waals surface area contributed by atoms with Crippen molar-refractivity contribution < 1.29 is 27.0 Å². The Bertz CT molecular complexity index is 653. The molecule has 1 N–H and O–H groups in total. The maximum atomic E-state index is 13.3. The molecule has 0 aliphatic carbocycles. The number of hydrogen-bond acceptors (Lipinski definition) is 3. The molecule has 1 atom stereocenters. The molecule has 1 aromatic rings. The van der Waals surface area contributed by atoms with Crippen LogP contribution in [0.25, 0.3) is 0 Å². The van der Waals surface area contributed by atoms with Gasteiger partial charge in [-0.15, -0.1) is 0 Å². The Kier molecular flexibility index (Phi) is 8.50. The minimum absolute atomic E-state index is 0.0528. The quantitative estimate of drug-likeness (QED) is 0.312. The molecule has 2 rings (SSSR count). The van der Waals surface area contributed by atoms with Gasteiger partial charge < -0.3 is 19.7 Å². The molecule has 1 aliphatic rings. The van der Waals surface area contributed by atoms with E-state index in [1.54, 1.807) is 7.11 Å². The van der Waals surface area contributed by atoms with Crippen LogP contribution in [-0.2, 0) is 22.2 Å². The zero-order valence-electron chi connectivity index (χ0n) is 16.2. The summed E-state index contributed by atoms with van der Waals surface area (Å²) in [6, 6.07) is 2.68. The summed E-state index contributed by atoms with van der Waals surface area (Å²) in [6.45, 7) is 5.47. The summed E-state index contributed by atoms with van der Waals surface area (Å²) < 4.78 is 63.3. The predicted molar refractivity (Wildman–Crippen MR) is 98.6 cm³/mol. The second-order valence-corrected chi connectivity index (χ2v) is 6.64. The van der Waals surface area contributed by atoms with Gasteiger partial charge >= 0.3 is 6.18 Å². The van der Waals surface area contributed by atoms with Crippen LogP contribution in [0.15, 0.2) is 23.2 Å². The highest BCUT2D eigenvalue weighted by atomic mass is 19.4. The molecule has 1 heterocycles. The Morgan fingerprint density at radius 3 is 2.79 bits per heavy atom. The summed E-state index contributed by atoms with van der Waals surface area (Å²) in [7, 11) is 1.62. The van der Waals surface area contributed by atoms with Gasteiger partial charge in [0.05, 0.1) is 31.9 Å². The van der Waals surface area contributed by atoms with E-state index >= 15 is 0 Å². The Morgan fingerprint density at radius 1 is 1.32 bits per heavy atom. The van der Waals surface area contributed by atoms with Crippen LogP contribution < -0.4 is 5.32 Å². The lowest BCUT2D eigenvalue weighted by atomic mass is 10.1. The number of guanidine groups is 1. The molecule has 1 saturated heterocycles. The molecule has 158 valence electrons. The summed E-state index contributed by atoms with van der Waals surface area (Å²) in [5, 5.41) is 3.12. The number of aliphatic imine (C=N–C) groups is 1. The minimum atomic E-state index is -4.62. The predicted octanol–water partition coefficient (Wildman–Crippen LogP) is 3.29. The normalized spacial score (nSPS) is 18.0. The topological polar surface area (TPSA) is 46.1 Å². The van der Waals surface area contributed by atoms with Crippen molar-refractivity contribution in [2.45, 2.75) is 26.1 Å². The Hall–Kier alpha value is -1.87. The lowest BCUT2D eigenvalue weighted by molar-refractivity contribution is -0.138. The van der Waals surface area contributed by atoms with Crippen molar-refractivity contribution in [2.24, 2.45) is 10.9 Å². The van der Waals surface area contributed by atoms with Crippen LogP contribution in [-0.4, -0.2) is 57.4 Å². The zero-order chi connectivity index (χ0) is 20.6. The Morgan fingerprint density at radius 2 is 2.11 bits per heavy atom. The number of rotatable bonds is 8. The number of nitrogens with zero attached hydrogens (tertiary/aromatic N) is 2. The third-order valence-corrected chi connectivity index (χ3v) is 4.48. The van der Waals surface area contributed by atoms with E-state index in [0.717, 1.165) is 25.1 Å². The number of nitrogens with one attached hydrogen (secondary N) is 1. The number of likely N-dealkylation sites (tertiary alicyclic amines) is 1. The summed E-state index contributed by atoms with van der Waals surface area (Å²) in [5.74, 6) is -0.0283. The van der Waals surface area contributed by atoms with E-state index in [9.17, 15) is 17.6 Å². The SMILES string of the molecule is CCNC(=NCc1ccc(F)cc1C(F)(F)F)N1CCC(COCCOC)C1. The van der Waals surface area contributed by atoms with Crippen LogP contribution in [0.4, 0.5) is 17.6 Å². The standard InChI is InChI=1S/C19H27F4N3O2/c1-3-24-18(26-7-6-14(12-26)13-28-9-8-27-2)25-11-15-4-5-16(20)10-17(15)19(21,22)23/h4-5,10,14H,3,6-9,11-13H2,1-2H3,(H,24,25). The fourth-order valence-electron chi connectivity index (χ4n) is 3.09. The molecule has 1 fully saturated rings. The lowest BCUT2D eigenvalue weighted by Gasteiger charge is -2.22. The smallest absolute Gasteiger partial charge is 0.382 e. The van der Waals surface area contributed by atoms with Crippen LogP contribution in [0.1, 0.15) is 24.5 Å². The van der Waals surface area contributed by atoms with Crippen molar-refractivity contribution in [2.75, 3.05) is 46.6 Å². The van der Waals surface area contributed by atoms with Crippen molar-refractivity contribution >= 4 is 5.96 Å².